The third kappa shape index (κ3) is 3.56. The highest BCUT2D eigenvalue weighted by Gasteiger charge is 2.22. The third-order valence-corrected chi connectivity index (χ3v) is 5.41. The first-order valence-corrected chi connectivity index (χ1v) is 9.23. The van der Waals surface area contributed by atoms with Crippen molar-refractivity contribution in [3.8, 4) is 5.75 Å². The molecule has 0 fully saturated rings. The average Bonchev–Trinajstić information content (AvgIpc) is 3.03. The Bertz CT molecular complexity index is 1090. The molecule has 0 aliphatic heterocycles. The molecular weight excluding hydrogens is 380 g/mol. The van der Waals surface area contributed by atoms with Gasteiger partial charge in [-0.2, -0.15) is 3.97 Å². The van der Waals surface area contributed by atoms with E-state index in [1.165, 1.54) is 24.3 Å². The molecule has 0 unspecified atom stereocenters. The summed E-state index contributed by atoms with van der Waals surface area (Å²) in [6.45, 7) is -0.408. The van der Waals surface area contributed by atoms with Gasteiger partial charge in [-0.3, -0.25) is 4.79 Å². The van der Waals surface area contributed by atoms with E-state index in [2.05, 4.69) is 0 Å². The molecule has 0 atom stereocenters. The Kier molecular flexibility index (Phi) is 4.97. The number of carbonyl (C=O) groups excluding carboxylic acids is 1. The third-order valence-electron chi connectivity index (χ3n) is 3.49. The van der Waals surface area contributed by atoms with Crippen molar-refractivity contribution in [1.82, 2.24) is 8.54 Å². The number of benzene rings is 2. The summed E-state index contributed by atoms with van der Waals surface area (Å²) in [5, 5.41) is 0.363. The molecule has 1 aromatic heterocycles. The minimum Gasteiger partial charge on any atom is -0.484 e. The minimum absolute atomic E-state index is 0.116. The topological polar surface area (TPSA) is 87.4 Å². The Balaban J connectivity index is 1.84. The molecule has 0 N–H and O–H groups in total. The van der Waals surface area contributed by atoms with E-state index in [1.54, 1.807) is 30.3 Å². The first-order valence-electron chi connectivity index (χ1n) is 7.42. The summed E-state index contributed by atoms with van der Waals surface area (Å²) in [5.74, 6) is -0.231. The predicted octanol–water partition coefficient (Wildman–Crippen LogP) is 2.26. The number of carbonyl (C=O) groups is 1. The maximum Gasteiger partial charge on any atom is 0.349 e. The van der Waals surface area contributed by atoms with Gasteiger partial charge in [0, 0.05) is 17.4 Å². The zero-order chi connectivity index (χ0) is 18.7. The van der Waals surface area contributed by atoms with Crippen LogP contribution in [0.15, 0.2) is 76.7 Å². The fourth-order valence-corrected chi connectivity index (χ4v) is 3.53. The Morgan fingerprint density at radius 3 is 2.31 bits per heavy atom. The van der Waals surface area contributed by atoms with Crippen LogP contribution in [0, 0.1) is 0 Å². The van der Waals surface area contributed by atoms with Gasteiger partial charge in [-0.05, 0) is 36.4 Å². The SMILES string of the molecule is O=C(COc1ccccc1)n1ccn(S(=O)(=O)c2ccc(Cl)cc2)c1=O. The molecule has 0 radical (unpaired) electrons. The van der Waals surface area contributed by atoms with E-state index in [9.17, 15) is 18.0 Å². The van der Waals surface area contributed by atoms with Gasteiger partial charge >= 0.3 is 5.69 Å². The molecule has 0 spiro atoms. The molecule has 0 saturated carbocycles. The smallest absolute Gasteiger partial charge is 0.349 e. The van der Waals surface area contributed by atoms with Crippen LogP contribution in [0.3, 0.4) is 0 Å². The van der Waals surface area contributed by atoms with Crippen LogP contribution >= 0.6 is 11.6 Å². The lowest BCUT2D eigenvalue weighted by atomic mass is 10.3. The molecule has 134 valence electrons. The molecule has 0 amide bonds. The van der Waals surface area contributed by atoms with Crippen molar-refractivity contribution >= 4 is 27.5 Å². The Morgan fingerprint density at radius 1 is 1.00 bits per heavy atom. The van der Waals surface area contributed by atoms with E-state index in [1.807, 2.05) is 0 Å². The fourth-order valence-electron chi connectivity index (χ4n) is 2.19. The molecular formula is C17H13ClN2O5S. The van der Waals surface area contributed by atoms with Gasteiger partial charge in [0.2, 0.25) is 0 Å². The number of halogens is 1. The number of aromatic nitrogens is 2. The average molecular weight is 393 g/mol. The quantitative estimate of drug-likeness (QED) is 0.664. The van der Waals surface area contributed by atoms with Gasteiger partial charge in [0.1, 0.15) is 5.75 Å². The highest BCUT2D eigenvalue weighted by Crippen LogP contribution is 2.16. The summed E-state index contributed by atoms with van der Waals surface area (Å²) in [5.41, 5.74) is -0.999. The van der Waals surface area contributed by atoms with Gasteiger partial charge < -0.3 is 4.74 Å². The van der Waals surface area contributed by atoms with Crippen molar-refractivity contribution in [2.75, 3.05) is 6.61 Å². The second kappa shape index (κ2) is 7.19. The molecule has 26 heavy (non-hydrogen) atoms. The molecule has 3 aromatic rings. The van der Waals surface area contributed by atoms with Crippen LogP contribution in [-0.2, 0) is 10.0 Å². The van der Waals surface area contributed by atoms with Crippen LogP contribution in [0.2, 0.25) is 5.02 Å². The number of hydrogen-bond donors (Lipinski definition) is 0. The maximum atomic E-state index is 12.5. The van der Waals surface area contributed by atoms with Crippen molar-refractivity contribution < 1.29 is 17.9 Å². The van der Waals surface area contributed by atoms with Crippen LogP contribution in [0.5, 0.6) is 5.75 Å². The zero-order valence-corrected chi connectivity index (χ0v) is 14.9. The number of rotatable bonds is 5. The normalized spacial score (nSPS) is 11.3. The lowest BCUT2D eigenvalue weighted by Gasteiger charge is -2.06. The van der Waals surface area contributed by atoms with Gasteiger partial charge in [0.15, 0.2) is 6.61 Å². The number of ether oxygens (including phenoxy) is 1. The standard InChI is InChI=1S/C17H13ClN2O5S/c18-13-6-8-15(9-7-13)26(23,24)20-11-10-19(17(20)22)16(21)12-25-14-4-2-1-3-5-14/h1-11H,12H2. The van der Waals surface area contributed by atoms with Crippen LogP contribution in [-0.4, -0.2) is 29.5 Å². The van der Waals surface area contributed by atoms with Crippen molar-refractivity contribution in [3.05, 3.63) is 82.5 Å². The van der Waals surface area contributed by atoms with Gasteiger partial charge in [-0.25, -0.2) is 17.8 Å². The molecule has 0 aliphatic carbocycles. The molecule has 3 rings (SSSR count). The molecule has 9 heteroatoms. The summed E-state index contributed by atoms with van der Waals surface area (Å²) in [6, 6.07) is 13.9. The highest BCUT2D eigenvalue weighted by atomic mass is 35.5. The number of para-hydroxylation sites is 1. The molecule has 1 heterocycles. The Labute approximate surface area is 154 Å². The van der Waals surface area contributed by atoms with Gasteiger partial charge in [-0.15, -0.1) is 0 Å². The zero-order valence-electron chi connectivity index (χ0n) is 13.3. The van der Waals surface area contributed by atoms with Gasteiger partial charge in [0.25, 0.3) is 15.9 Å². The van der Waals surface area contributed by atoms with Crippen LogP contribution in [0.25, 0.3) is 0 Å². The Morgan fingerprint density at radius 2 is 1.65 bits per heavy atom. The fraction of sp³-hybridized carbons (Fsp3) is 0.0588. The van der Waals surface area contributed by atoms with Crippen LogP contribution in [0.1, 0.15) is 4.79 Å². The monoisotopic (exact) mass is 392 g/mol. The lowest BCUT2D eigenvalue weighted by molar-refractivity contribution is 0.0833. The minimum atomic E-state index is -4.13. The number of imidazole rings is 1. The first kappa shape index (κ1) is 18.0. The van der Waals surface area contributed by atoms with E-state index >= 15 is 0 Å². The second-order valence-electron chi connectivity index (χ2n) is 5.20. The molecule has 2 aromatic carbocycles. The van der Waals surface area contributed by atoms with E-state index in [0.717, 1.165) is 12.4 Å². The van der Waals surface area contributed by atoms with Crippen LogP contribution < -0.4 is 10.4 Å². The van der Waals surface area contributed by atoms with Crippen molar-refractivity contribution in [2.45, 2.75) is 4.90 Å². The maximum absolute atomic E-state index is 12.5. The van der Waals surface area contributed by atoms with E-state index in [0.29, 0.717) is 19.3 Å². The molecule has 0 bridgehead atoms. The van der Waals surface area contributed by atoms with Crippen molar-refractivity contribution in [1.29, 1.82) is 0 Å². The van der Waals surface area contributed by atoms with E-state index in [4.69, 9.17) is 16.3 Å². The summed E-state index contributed by atoms with van der Waals surface area (Å²) in [6.07, 6.45) is 2.11. The number of nitrogens with zero attached hydrogens (tertiary/aromatic N) is 2. The summed E-state index contributed by atoms with van der Waals surface area (Å²) in [4.78, 5) is 24.4. The Hall–Kier alpha value is -2.84. The molecule has 7 nitrogen and oxygen atoms in total. The van der Waals surface area contributed by atoms with E-state index < -0.39 is 28.2 Å². The molecule has 0 aliphatic rings. The summed E-state index contributed by atoms with van der Waals surface area (Å²) < 4.78 is 31.6. The first-order chi connectivity index (χ1) is 12.4. The van der Waals surface area contributed by atoms with Gasteiger partial charge in [0.05, 0.1) is 4.90 Å². The summed E-state index contributed by atoms with van der Waals surface area (Å²) >= 11 is 5.74. The predicted molar refractivity (Wildman–Crippen MR) is 95.3 cm³/mol. The van der Waals surface area contributed by atoms with Crippen molar-refractivity contribution in [3.63, 3.8) is 0 Å². The van der Waals surface area contributed by atoms with Crippen LogP contribution in [0.4, 0.5) is 0 Å². The molecule has 0 saturated heterocycles. The van der Waals surface area contributed by atoms with Crippen molar-refractivity contribution in [2.24, 2.45) is 0 Å². The van der Waals surface area contributed by atoms with Gasteiger partial charge in [-0.1, -0.05) is 29.8 Å². The number of hydrogen-bond acceptors (Lipinski definition) is 5. The van der Waals surface area contributed by atoms with E-state index in [-0.39, 0.29) is 4.90 Å². The summed E-state index contributed by atoms with van der Waals surface area (Å²) in [7, 11) is -4.13. The second-order valence-corrected chi connectivity index (χ2v) is 7.45. The largest absolute Gasteiger partial charge is 0.484 e. The lowest BCUT2D eigenvalue weighted by Crippen LogP contribution is -2.34. The highest BCUT2D eigenvalue weighted by molar-refractivity contribution is 7.90.